The SMILES string of the molecule is CC(C)c1nc2ccccc2n1C1CCCCC1. The Morgan fingerprint density at radius 2 is 1.83 bits per heavy atom. The first-order valence-electron chi connectivity index (χ1n) is 7.24. The van der Waals surface area contributed by atoms with E-state index in [0.29, 0.717) is 12.0 Å². The van der Waals surface area contributed by atoms with Gasteiger partial charge in [-0.2, -0.15) is 0 Å². The molecule has 96 valence electrons. The van der Waals surface area contributed by atoms with E-state index in [4.69, 9.17) is 4.98 Å². The number of hydrogen-bond acceptors (Lipinski definition) is 1. The van der Waals surface area contributed by atoms with Crippen molar-refractivity contribution in [2.24, 2.45) is 0 Å². The molecule has 0 amide bonds. The lowest BCUT2D eigenvalue weighted by atomic mass is 9.94. The Bertz CT molecular complexity index is 533. The molecule has 0 saturated heterocycles. The first-order chi connectivity index (χ1) is 8.77. The van der Waals surface area contributed by atoms with E-state index >= 15 is 0 Å². The zero-order chi connectivity index (χ0) is 12.5. The molecule has 1 fully saturated rings. The fourth-order valence-corrected chi connectivity index (χ4v) is 3.19. The minimum Gasteiger partial charge on any atom is -0.325 e. The Balaban J connectivity index is 2.14. The molecule has 0 N–H and O–H groups in total. The van der Waals surface area contributed by atoms with Crippen LogP contribution in [0.3, 0.4) is 0 Å². The maximum atomic E-state index is 4.85. The summed E-state index contributed by atoms with van der Waals surface area (Å²) in [6.45, 7) is 4.50. The molecule has 1 heterocycles. The van der Waals surface area contributed by atoms with Gasteiger partial charge in [-0.25, -0.2) is 4.98 Å². The highest BCUT2D eigenvalue weighted by Gasteiger charge is 2.22. The number of nitrogens with zero attached hydrogens (tertiary/aromatic N) is 2. The standard InChI is InChI=1S/C16H22N2/c1-12(2)16-17-14-10-6-7-11-15(14)18(16)13-8-4-3-5-9-13/h6-7,10-13H,3-5,8-9H2,1-2H3. The second-order valence-electron chi connectivity index (χ2n) is 5.78. The minimum absolute atomic E-state index is 0.499. The number of para-hydroxylation sites is 2. The van der Waals surface area contributed by atoms with Crippen molar-refractivity contribution < 1.29 is 0 Å². The number of rotatable bonds is 2. The Hall–Kier alpha value is -1.31. The van der Waals surface area contributed by atoms with E-state index in [1.54, 1.807) is 0 Å². The molecule has 1 aromatic carbocycles. The van der Waals surface area contributed by atoms with Crippen molar-refractivity contribution in [3.8, 4) is 0 Å². The smallest absolute Gasteiger partial charge is 0.112 e. The van der Waals surface area contributed by atoms with E-state index in [9.17, 15) is 0 Å². The molecule has 0 atom stereocenters. The Labute approximate surface area is 109 Å². The average molecular weight is 242 g/mol. The first-order valence-corrected chi connectivity index (χ1v) is 7.24. The molecule has 1 aromatic heterocycles. The van der Waals surface area contributed by atoms with Gasteiger partial charge in [-0.05, 0) is 25.0 Å². The molecule has 2 nitrogen and oxygen atoms in total. The van der Waals surface area contributed by atoms with Crippen LogP contribution in [0.25, 0.3) is 11.0 Å². The molecule has 18 heavy (non-hydrogen) atoms. The summed E-state index contributed by atoms with van der Waals surface area (Å²) < 4.78 is 2.53. The molecule has 1 saturated carbocycles. The van der Waals surface area contributed by atoms with Gasteiger partial charge >= 0.3 is 0 Å². The Morgan fingerprint density at radius 3 is 2.56 bits per heavy atom. The predicted octanol–water partition coefficient (Wildman–Crippen LogP) is 4.66. The molecule has 0 radical (unpaired) electrons. The number of hydrogen-bond donors (Lipinski definition) is 0. The van der Waals surface area contributed by atoms with Crippen molar-refractivity contribution in [2.75, 3.05) is 0 Å². The number of fused-ring (bicyclic) bond motifs is 1. The highest BCUT2D eigenvalue weighted by molar-refractivity contribution is 5.76. The molecule has 0 unspecified atom stereocenters. The zero-order valence-corrected chi connectivity index (χ0v) is 11.4. The quantitative estimate of drug-likeness (QED) is 0.748. The molecule has 3 rings (SSSR count). The van der Waals surface area contributed by atoms with Gasteiger partial charge in [0.2, 0.25) is 0 Å². The van der Waals surface area contributed by atoms with Crippen LogP contribution in [0.4, 0.5) is 0 Å². The lowest BCUT2D eigenvalue weighted by Gasteiger charge is -2.26. The summed E-state index contributed by atoms with van der Waals surface area (Å²) in [5, 5.41) is 0. The lowest BCUT2D eigenvalue weighted by molar-refractivity contribution is 0.349. The van der Waals surface area contributed by atoms with Crippen LogP contribution < -0.4 is 0 Å². The summed E-state index contributed by atoms with van der Waals surface area (Å²) in [4.78, 5) is 4.85. The van der Waals surface area contributed by atoms with Crippen LogP contribution in [0, 0.1) is 0 Å². The summed E-state index contributed by atoms with van der Waals surface area (Å²) in [6.07, 6.45) is 6.78. The second-order valence-corrected chi connectivity index (χ2v) is 5.78. The molecule has 1 aliphatic carbocycles. The topological polar surface area (TPSA) is 17.8 Å². The van der Waals surface area contributed by atoms with Gasteiger partial charge in [0, 0.05) is 12.0 Å². The minimum atomic E-state index is 0.499. The van der Waals surface area contributed by atoms with Crippen LogP contribution in [-0.4, -0.2) is 9.55 Å². The Kier molecular flexibility index (Phi) is 3.11. The largest absolute Gasteiger partial charge is 0.325 e. The van der Waals surface area contributed by atoms with Gasteiger partial charge in [0.25, 0.3) is 0 Å². The van der Waals surface area contributed by atoms with Gasteiger partial charge in [-0.1, -0.05) is 45.2 Å². The summed E-state index contributed by atoms with van der Waals surface area (Å²) in [7, 11) is 0. The third kappa shape index (κ3) is 1.94. The maximum absolute atomic E-state index is 4.85. The fourth-order valence-electron chi connectivity index (χ4n) is 3.19. The lowest BCUT2D eigenvalue weighted by Crippen LogP contribution is -2.16. The third-order valence-corrected chi connectivity index (χ3v) is 4.08. The van der Waals surface area contributed by atoms with Crippen molar-refractivity contribution in [1.82, 2.24) is 9.55 Å². The van der Waals surface area contributed by atoms with E-state index in [1.165, 1.54) is 43.4 Å². The molecule has 0 bridgehead atoms. The zero-order valence-electron chi connectivity index (χ0n) is 11.4. The van der Waals surface area contributed by atoms with E-state index < -0.39 is 0 Å². The van der Waals surface area contributed by atoms with Gasteiger partial charge in [0.05, 0.1) is 11.0 Å². The number of aromatic nitrogens is 2. The normalized spacial score (nSPS) is 17.7. The molecular weight excluding hydrogens is 220 g/mol. The van der Waals surface area contributed by atoms with Crippen LogP contribution in [0.2, 0.25) is 0 Å². The average Bonchev–Trinajstić information content (AvgIpc) is 2.79. The molecule has 0 aliphatic heterocycles. The van der Waals surface area contributed by atoms with Crippen molar-refractivity contribution in [3.05, 3.63) is 30.1 Å². The maximum Gasteiger partial charge on any atom is 0.112 e. The van der Waals surface area contributed by atoms with E-state index in [0.717, 1.165) is 5.52 Å². The monoisotopic (exact) mass is 242 g/mol. The van der Waals surface area contributed by atoms with Crippen molar-refractivity contribution in [1.29, 1.82) is 0 Å². The summed E-state index contributed by atoms with van der Waals surface area (Å²) >= 11 is 0. The van der Waals surface area contributed by atoms with Crippen molar-refractivity contribution in [2.45, 2.75) is 57.9 Å². The molecule has 2 aromatic rings. The highest BCUT2D eigenvalue weighted by Crippen LogP contribution is 2.34. The Morgan fingerprint density at radius 1 is 1.11 bits per heavy atom. The highest BCUT2D eigenvalue weighted by atomic mass is 15.1. The fraction of sp³-hybridized carbons (Fsp3) is 0.562. The van der Waals surface area contributed by atoms with Crippen LogP contribution in [-0.2, 0) is 0 Å². The third-order valence-electron chi connectivity index (χ3n) is 4.08. The van der Waals surface area contributed by atoms with E-state index in [2.05, 4.69) is 42.7 Å². The van der Waals surface area contributed by atoms with E-state index in [-0.39, 0.29) is 0 Å². The molecule has 1 aliphatic rings. The van der Waals surface area contributed by atoms with Crippen LogP contribution >= 0.6 is 0 Å². The van der Waals surface area contributed by atoms with Crippen molar-refractivity contribution >= 4 is 11.0 Å². The van der Waals surface area contributed by atoms with Crippen molar-refractivity contribution in [3.63, 3.8) is 0 Å². The van der Waals surface area contributed by atoms with E-state index in [1.807, 2.05) is 0 Å². The van der Waals surface area contributed by atoms with Crippen LogP contribution in [0.5, 0.6) is 0 Å². The molecular formula is C16H22N2. The van der Waals surface area contributed by atoms with Gasteiger partial charge < -0.3 is 4.57 Å². The summed E-state index contributed by atoms with van der Waals surface area (Å²) in [5.41, 5.74) is 2.49. The van der Waals surface area contributed by atoms with Gasteiger partial charge in [0.1, 0.15) is 5.82 Å². The molecule has 2 heteroatoms. The van der Waals surface area contributed by atoms with Gasteiger partial charge in [-0.15, -0.1) is 0 Å². The number of imidazole rings is 1. The first kappa shape index (κ1) is 11.8. The van der Waals surface area contributed by atoms with Crippen LogP contribution in [0.15, 0.2) is 24.3 Å². The molecule has 0 spiro atoms. The number of benzene rings is 1. The van der Waals surface area contributed by atoms with Gasteiger partial charge in [-0.3, -0.25) is 0 Å². The predicted molar refractivity (Wildman–Crippen MR) is 75.9 cm³/mol. The summed E-state index contributed by atoms with van der Waals surface area (Å²) in [6, 6.07) is 9.25. The van der Waals surface area contributed by atoms with Crippen LogP contribution in [0.1, 0.15) is 63.7 Å². The second kappa shape index (κ2) is 4.75. The van der Waals surface area contributed by atoms with Gasteiger partial charge in [0.15, 0.2) is 0 Å². The summed E-state index contributed by atoms with van der Waals surface area (Å²) in [5.74, 6) is 1.77.